The lowest BCUT2D eigenvalue weighted by atomic mass is 10.1. The quantitative estimate of drug-likeness (QED) is 0.604. The van der Waals surface area contributed by atoms with Gasteiger partial charge in [0.25, 0.3) is 0 Å². The maximum absolute atomic E-state index is 13.0. The number of hydrogen-bond donors (Lipinski definition) is 0. The Balaban J connectivity index is 1.68. The van der Waals surface area contributed by atoms with Gasteiger partial charge in [-0.25, -0.2) is 4.79 Å². The number of carbonyl (C=O) groups is 2. The van der Waals surface area contributed by atoms with Crippen LogP contribution in [0.15, 0.2) is 18.2 Å². The number of rotatable bonds is 6. The van der Waals surface area contributed by atoms with Crippen LogP contribution in [0, 0.1) is 6.92 Å². The van der Waals surface area contributed by atoms with Gasteiger partial charge in [0.1, 0.15) is 12.3 Å². The van der Waals surface area contributed by atoms with E-state index in [-0.39, 0.29) is 35.8 Å². The number of halogens is 2. The molecule has 2 aromatic rings. The molecule has 2 heterocycles. The van der Waals surface area contributed by atoms with Crippen LogP contribution in [0.5, 0.6) is 5.75 Å². The molecule has 1 atom stereocenters. The molecule has 1 aromatic heterocycles. The standard InChI is InChI=1S/C21H26Cl2N4O4/c1-5-31-21(29)20-19(23)14(3)27(24-20)12-18(28)26-9-8-25(11-13(26)2)15-6-7-16(22)17(10-15)30-4/h6-7,10,13H,5,8-9,11-12H2,1-4H3. The lowest BCUT2D eigenvalue weighted by Gasteiger charge is -2.41. The van der Waals surface area contributed by atoms with Crippen molar-refractivity contribution >= 4 is 40.8 Å². The first-order valence-electron chi connectivity index (χ1n) is 10.0. The Hall–Kier alpha value is -2.45. The second-order valence-electron chi connectivity index (χ2n) is 7.33. The van der Waals surface area contributed by atoms with E-state index in [9.17, 15) is 9.59 Å². The molecule has 0 saturated carbocycles. The Morgan fingerprint density at radius 3 is 2.65 bits per heavy atom. The molecular formula is C21H26Cl2N4O4. The van der Waals surface area contributed by atoms with Crippen LogP contribution in [0.3, 0.4) is 0 Å². The number of hydrogen-bond acceptors (Lipinski definition) is 6. The van der Waals surface area contributed by atoms with E-state index in [1.165, 1.54) is 4.68 Å². The lowest BCUT2D eigenvalue weighted by Crippen LogP contribution is -2.54. The molecule has 8 nitrogen and oxygen atoms in total. The highest BCUT2D eigenvalue weighted by atomic mass is 35.5. The number of piperazine rings is 1. The maximum atomic E-state index is 13.0. The summed E-state index contributed by atoms with van der Waals surface area (Å²) in [6, 6.07) is 5.64. The van der Waals surface area contributed by atoms with Gasteiger partial charge in [-0.2, -0.15) is 5.10 Å². The normalized spacial score (nSPS) is 16.4. The Bertz CT molecular complexity index is 979. The van der Waals surface area contributed by atoms with E-state index in [0.717, 1.165) is 5.69 Å². The second-order valence-corrected chi connectivity index (χ2v) is 8.11. The largest absolute Gasteiger partial charge is 0.495 e. The Labute approximate surface area is 191 Å². The summed E-state index contributed by atoms with van der Waals surface area (Å²) in [6.07, 6.45) is 0. The Morgan fingerprint density at radius 1 is 1.26 bits per heavy atom. The summed E-state index contributed by atoms with van der Waals surface area (Å²) >= 11 is 12.4. The van der Waals surface area contributed by atoms with Crippen molar-refractivity contribution in [3.8, 4) is 5.75 Å². The minimum atomic E-state index is -0.595. The Morgan fingerprint density at radius 2 is 2.00 bits per heavy atom. The number of carbonyl (C=O) groups excluding carboxylic acids is 2. The van der Waals surface area contributed by atoms with Crippen LogP contribution in [-0.4, -0.2) is 65.9 Å². The molecule has 1 aliphatic rings. The summed E-state index contributed by atoms with van der Waals surface area (Å²) in [4.78, 5) is 29.0. The third-order valence-corrected chi connectivity index (χ3v) is 6.10. The molecular weight excluding hydrogens is 443 g/mol. The minimum absolute atomic E-state index is 0.00403. The molecule has 0 N–H and O–H groups in total. The predicted molar refractivity (Wildman–Crippen MR) is 119 cm³/mol. The molecule has 10 heteroatoms. The monoisotopic (exact) mass is 468 g/mol. The first-order chi connectivity index (χ1) is 14.8. The summed E-state index contributed by atoms with van der Waals surface area (Å²) in [7, 11) is 1.58. The van der Waals surface area contributed by atoms with Crippen LogP contribution < -0.4 is 9.64 Å². The van der Waals surface area contributed by atoms with Crippen molar-refractivity contribution < 1.29 is 19.1 Å². The van der Waals surface area contributed by atoms with Gasteiger partial charge in [0, 0.05) is 37.4 Å². The molecule has 0 spiro atoms. The van der Waals surface area contributed by atoms with Crippen LogP contribution >= 0.6 is 23.2 Å². The number of aromatic nitrogens is 2. The molecule has 0 bridgehead atoms. The number of ether oxygens (including phenoxy) is 2. The van der Waals surface area contributed by atoms with Crippen molar-refractivity contribution in [3.63, 3.8) is 0 Å². The van der Waals surface area contributed by atoms with Crippen LogP contribution in [-0.2, 0) is 16.1 Å². The van der Waals surface area contributed by atoms with E-state index in [1.807, 2.05) is 30.0 Å². The van der Waals surface area contributed by atoms with Crippen molar-refractivity contribution in [3.05, 3.63) is 39.6 Å². The van der Waals surface area contributed by atoms with Gasteiger partial charge in [-0.3, -0.25) is 9.48 Å². The molecule has 31 heavy (non-hydrogen) atoms. The van der Waals surface area contributed by atoms with Gasteiger partial charge >= 0.3 is 5.97 Å². The van der Waals surface area contributed by atoms with Crippen LogP contribution in [0.1, 0.15) is 30.0 Å². The first-order valence-corrected chi connectivity index (χ1v) is 10.8. The number of anilines is 1. The molecule has 168 valence electrons. The predicted octanol–water partition coefficient (Wildman–Crippen LogP) is 3.42. The van der Waals surface area contributed by atoms with Gasteiger partial charge in [-0.05, 0) is 32.9 Å². The third-order valence-electron chi connectivity index (χ3n) is 5.33. The summed E-state index contributed by atoms with van der Waals surface area (Å²) in [5, 5.41) is 4.97. The van der Waals surface area contributed by atoms with Gasteiger partial charge in [-0.15, -0.1) is 0 Å². The van der Waals surface area contributed by atoms with E-state index in [4.69, 9.17) is 32.7 Å². The van der Waals surface area contributed by atoms with Crippen LogP contribution in [0.2, 0.25) is 10.0 Å². The molecule has 1 unspecified atom stereocenters. The van der Waals surface area contributed by atoms with Crippen molar-refractivity contribution in [2.45, 2.75) is 33.4 Å². The smallest absolute Gasteiger partial charge is 0.360 e. The summed E-state index contributed by atoms with van der Waals surface area (Å²) < 4.78 is 11.7. The molecule has 0 radical (unpaired) electrons. The number of nitrogens with zero attached hydrogens (tertiary/aromatic N) is 4. The van der Waals surface area contributed by atoms with Crippen molar-refractivity contribution in [2.24, 2.45) is 0 Å². The zero-order valence-electron chi connectivity index (χ0n) is 18.0. The molecule has 3 rings (SSSR count). The zero-order chi connectivity index (χ0) is 22.7. The summed E-state index contributed by atoms with van der Waals surface area (Å²) in [5.74, 6) is -0.0607. The topological polar surface area (TPSA) is 76.9 Å². The molecule has 1 fully saturated rings. The summed E-state index contributed by atoms with van der Waals surface area (Å²) in [5.41, 5.74) is 1.58. The highest BCUT2D eigenvalue weighted by Crippen LogP contribution is 2.30. The highest BCUT2D eigenvalue weighted by Gasteiger charge is 2.29. The van der Waals surface area contributed by atoms with Gasteiger partial charge in [0.2, 0.25) is 5.91 Å². The van der Waals surface area contributed by atoms with Crippen LogP contribution in [0.4, 0.5) is 5.69 Å². The Kier molecular flexibility index (Phi) is 7.33. The fourth-order valence-electron chi connectivity index (χ4n) is 3.63. The van der Waals surface area contributed by atoms with Crippen molar-refractivity contribution in [1.29, 1.82) is 0 Å². The van der Waals surface area contributed by atoms with E-state index in [1.54, 1.807) is 21.0 Å². The molecule has 1 amide bonds. The van der Waals surface area contributed by atoms with Gasteiger partial charge in [-0.1, -0.05) is 23.2 Å². The van der Waals surface area contributed by atoms with Crippen molar-refractivity contribution in [2.75, 3.05) is 38.3 Å². The van der Waals surface area contributed by atoms with Crippen molar-refractivity contribution in [1.82, 2.24) is 14.7 Å². The molecule has 1 aliphatic heterocycles. The van der Waals surface area contributed by atoms with Gasteiger partial charge in [0.05, 0.1) is 29.5 Å². The summed E-state index contributed by atoms with van der Waals surface area (Å²) in [6.45, 7) is 7.57. The van der Waals surface area contributed by atoms with Gasteiger partial charge < -0.3 is 19.3 Å². The third kappa shape index (κ3) is 4.91. The average Bonchev–Trinajstić information content (AvgIpc) is 3.02. The van der Waals surface area contributed by atoms with Gasteiger partial charge in [0.15, 0.2) is 5.69 Å². The first kappa shape index (κ1) is 23.2. The average molecular weight is 469 g/mol. The molecule has 1 saturated heterocycles. The van der Waals surface area contributed by atoms with Crippen LogP contribution in [0.25, 0.3) is 0 Å². The maximum Gasteiger partial charge on any atom is 0.360 e. The number of benzene rings is 1. The number of esters is 1. The molecule has 1 aromatic carbocycles. The number of amides is 1. The number of methoxy groups -OCH3 is 1. The highest BCUT2D eigenvalue weighted by molar-refractivity contribution is 6.34. The molecule has 0 aliphatic carbocycles. The van der Waals surface area contributed by atoms with E-state index < -0.39 is 5.97 Å². The minimum Gasteiger partial charge on any atom is -0.495 e. The van der Waals surface area contributed by atoms with E-state index in [0.29, 0.717) is 36.1 Å². The zero-order valence-corrected chi connectivity index (χ0v) is 19.5. The lowest BCUT2D eigenvalue weighted by molar-refractivity contribution is -0.134. The SMILES string of the molecule is CCOC(=O)c1nn(CC(=O)N2CCN(c3ccc(Cl)c(OC)c3)CC2C)c(C)c1Cl. The fourth-order valence-corrected chi connectivity index (χ4v) is 4.04. The van der Waals surface area contributed by atoms with E-state index >= 15 is 0 Å². The van der Waals surface area contributed by atoms with E-state index in [2.05, 4.69) is 10.00 Å². The second kappa shape index (κ2) is 9.78. The fraction of sp³-hybridized carbons (Fsp3) is 0.476.